The average molecular weight is 418 g/mol. The summed E-state index contributed by atoms with van der Waals surface area (Å²) in [6.07, 6.45) is 8.04. The van der Waals surface area contributed by atoms with Gasteiger partial charge in [-0.25, -0.2) is 14.6 Å². The van der Waals surface area contributed by atoms with Crippen LogP contribution in [-0.2, 0) is 16.1 Å². The van der Waals surface area contributed by atoms with Gasteiger partial charge in [-0.1, -0.05) is 75.2 Å². The number of hydrogen-bond acceptors (Lipinski definition) is 5. The van der Waals surface area contributed by atoms with E-state index in [1.807, 2.05) is 0 Å². The number of ether oxygens (including phenoxy) is 2. The number of carbonyl (C=O) groups excluding carboxylic acids is 2. The number of benzene rings is 1. The molecular formula is C23H28ClNO4. The average Bonchev–Trinajstić information content (AvgIpc) is 2.75. The number of hydrogen-bond donors (Lipinski definition) is 0. The molecular weight excluding hydrogens is 390 g/mol. The molecule has 0 aliphatic rings. The summed E-state index contributed by atoms with van der Waals surface area (Å²) in [7, 11) is 0. The van der Waals surface area contributed by atoms with Crippen LogP contribution in [0.3, 0.4) is 0 Å². The normalized spacial score (nSPS) is 10.6. The number of esters is 2. The molecule has 0 spiro atoms. The quantitative estimate of drug-likeness (QED) is 0.313. The molecule has 29 heavy (non-hydrogen) atoms. The zero-order valence-corrected chi connectivity index (χ0v) is 17.6. The zero-order valence-electron chi connectivity index (χ0n) is 16.9. The molecule has 0 saturated carbocycles. The fraction of sp³-hybridized carbons (Fsp3) is 0.435. The van der Waals surface area contributed by atoms with Crippen molar-refractivity contribution in [3.63, 3.8) is 0 Å². The smallest absolute Gasteiger partial charge is 0.357 e. The van der Waals surface area contributed by atoms with Crippen molar-refractivity contribution in [2.45, 2.75) is 58.5 Å². The van der Waals surface area contributed by atoms with Crippen LogP contribution in [0, 0.1) is 0 Å². The minimum absolute atomic E-state index is 0.0735. The Bertz CT molecular complexity index is 777. The van der Waals surface area contributed by atoms with Crippen molar-refractivity contribution in [3.05, 3.63) is 64.4 Å². The largest absolute Gasteiger partial charge is 0.461 e. The van der Waals surface area contributed by atoms with Crippen LogP contribution in [0.25, 0.3) is 0 Å². The molecule has 0 aliphatic carbocycles. The molecule has 5 nitrogen and oxygen atoms in total. The molecule has 0 atom stereocenters. The molecule has 0 amide bonds. The van der Waals surface area contributed by atoms with Gasteiger partial charge in [0.25, 0.3) is 0 Å². The Morgan fingerprint density at radius 2 is 1.41 bits per heavy atom. The zero-order chi connectivity index (χ0) is 20.9. The van der Waals surface area contributed by atoms with Gasteiger partial charge < -0.3 is 9.47 Å². The van der Waals surface area contributed by atoms with E-state index in [0.717, 1.165) is 24.8 Å². The molecule has 0 saturated heterocycles. The van der Waals surface area contributed by atoms with Gasteiger partial charge in [-0.15, -0.1) is 0 Å². The predicted octanol–water partition coefficient (Wildman–Crippen LogP) is 6.00. The van der Waals surface area contributed by atoms with E-state index in [0.29, 0.717) is 11.6 Å². The van der Waals surface area contributed by atoms with E-state index in [-0.39, 0.29) is 18.0 Å². The van der Waals surface area contributed by atoms with Crippen molar-refractivity contribution in [1.29, 1.82) is 0 Å². The highest BCUT2D eigenvalue weighted by Crippen LogP contribution is 2.12. The maximum absolute atomic E-state index is 12.2. The topological polar surface area (TPSA) is 65.5 Å². The predicted molar refractivity (Wildman–Crippen MR) is 113 cm³/mol. The molecule has 0 aliphatic heterocycles. The monoisotopic (exact) mass is 417 g/mol. The van der Waals surface area contributed by atoms with Crippen LogP contribution < -0.4 is 0 Å². The minimum atomic E-state index is -0.596. The Kier molecular flexibility index (Phi) is 10.2. The number of unbranched alkanes of at least 4 members (excludes halogenated alkanes) is 6. The number of halogens is 1. The van der Waals surface area contributed by atoms with Gasteiger partial charge in [-0.3, -0.25) is 0 Å². The lowest BCUT2D eigenvalue weighted by atomic mass is 10.1. The lowest BCUT2D eigenvalue weighted by molar-refractivity contribution is 0.0463. The first kappa shape index (κ1) is 22.9. The third-order valence-corrected chi connectivity index (χ3v) is 4.68. The Balaban J connectivity index is 1.75. The summed E-state index contributed by atoms with van der Waals surface area (Å²) in [5.41, 5.74) is 0.992. The van der Waals surface area contributed by atoms with Gasteiger partial charge in [0.2, 0.25) is 0 Å². The lowest BCUT2D eigenvalue weighted by Crippen LogP contribution is -2.13. The van der Waals surface area contributed by atoms with Gasteiger partial charge in [-0.05, 0) is 36.2 Å². The van der Waals surface area contributed by atoms with Crippen LogP contribution in [0.15, 0.2) is 42.5 Å². The van der Waals surface area contributed by atoms with Crippen molar-refractivity contribution < 1.29 is 19.1 Å². The second kappa shape index (κ2) is 12.9. The maximum atomic E-state index is 12.2. The summed E-state index contributed by atoms with van der Waals surface area (Å²) in [5.74, 6) is -1.12. The summed E-state index contributed by atoms with van der Waals surface area (Å²) < 4.78 is 10.5. The Hall–Kier alpha value is -2.40. The lowest BCUT2D eigenvalue weighted by Gasteiger charge is -2.07. The minimum Gasteiger partial charge on any atom is -0.461 e. The van der Waals surface area contributed by atoms with E-state index in [4.69, 9.17) is 21.1 Å². The molecule has 1 aromatic carbocycles. The summed E-state index contributed by atoms with van der Waals surface area (Å²) >= 11 is 5.84. The van der Waals surface area contributed by atoms with Gasteiger partial charge >= 0.3 is 11.9 Å². The third kappa shape index (κ3) is 8.65. The molecule has 6 heteroatoms. The second-order valence-electron chi connectivity index (χ2n) is 6.87. The SMILES string of the molecule is CCCCCCCCCOC(=O)c1cccc(C(=O)OCc2ccc(Cl)cc2)n1. The molecule has 1 aromatic heterocycles. The first-order valence-electron chi connectivity index (χ1n) is 10.2. The Morgan fingerprint density at radius 3 is 2.07 bits per heavy atom. The molecule has 0 radical (unpaired) electrons. The van der Waals surface area contributed by atoms with Gasteiger partial charge in [0, 0.05) is 5.02 Å². The molecule has 2 aromatic rings. The molecule has 0 fully saturated rings. The Labute approximate surface area is 177 Å². The maximum Gasteiger partial charge on any atom is 0.357 e. The molecule has 1 heterocycles. The molecule has 0 bridgehead atoms. The summed E-state index contributed by atoms with van der Waals surface area (Å²) in [5, 5.41) is 0.615. The van der Waals surface area contributed by atoms with E-state index >= 15 is 0 Å². The highest BCUT2D eigenvalue weighted by Gasteiger charge is 2.14. The van der Waals surface area contributed by atoms with Crippen molar-refractivity contribution in [2.24, 2.45) is 0 Å². The molecule has 156 valence electrons. The number of aromatic nitrogens is 1. The number of nitrogens with zero attached hydrogens (tertiary/aromatic N) is 1. The van der Waals surface area contributed by atoms with Crippen LogP contribution in [0.1, 0.15) is 78.4 Å². The van der Waals surface area contributed by atoms with Gasteiger partial charge in [0.1, 0.15) is 18.0 Å². The van der Waals surface area contributed by atoms with E-state index < -0.39 is 11.9 Å². The first-order valence-corrected chi connectivity index (χ1v) is 10.5. The van der Waals surface area contributed by atoms with Crippen molar-refractivity contribution >= 4 is 23.5 Å². The van der Waals surface area contributed by atoms with E-state index in [1.165, 1.54) is 37.8 Å². The number of rotatable bonds is 12. The number of carbonyl (C=O) groups is 2. The highest BCUT2D eigenvalue weighted by molar-refractivity contribution is 6.30. The van der Waals surface area contributed by atoms with E-state index in [9.17, 15) is 9.59 Å². The molecule has 0 N–H and O–H groups in total. The van der Waals surface area contributed by atoms with Crippen LogP contribution in [0.5, 0.6) is 0 Å². The van der Waals surface area contributed by atoms with Gasteiger partial charge in [0.15, 0.2) is 0 Å². The third-order valence-electron chi connectivity index (χ3n) is 4.43. The van der Waals surface area contributed by atoms with Crippen LogP contribution in [0.4, 0.5) is 0 Å². The van der Waals surface area contributed by atoms with Gasteiger partial charge in [0.05, 0.1) is 6.61 Å². The standard InChI is InChI=1S/C23H28ClNO4/c1-2-3-4-5-6-7-8-16-28-22(26)20-10-9-11-21(25-20)23(27)29-17-18-12-14-19(24)15-13-18/h9-15H,2-8,16-17H2,1H3. The summed E-state index contributed by atoms with van der Waals surface area (Å²) in [4.78, 5) is 28.4. The molecule has 2 rings (SSSR count). The van der Waals surface area contributed by atoms with Crippen molar-refractivity contribution in [1.82, 2.24) is 4.98 Å². The Morgan fingerprint density at radius 1 is 0.828 bits per heavy atom. The second-order valence-corrected chi connectivity index (χ2v) is 7.30. The molecule has 0 unspecified atom stereocenters. The van der Waals surface area contributed by atoms with E-state index in [2.05, 4.69) is 11.9 Å². The van der Waals surface area contributed by atoms with Crippen molar-refractivity contribution in [2.75, 3.05) is 6.61 Å². The summed E-state index contributed by atoms with van der Waals surface area (Å²) in [6, 6.07) is 11.6. The van der Waals surface area contributed by atoms with Crippen LogP contribution in [0.2, 0.25) is 5.02 Å². The highest BCUT2D eigenvalue weighted by atomic mass is 35.5. The summed E-state index contributed by atoms with van der Waals surface area (Å²) in [6.45, 7) is 2.66. The first-order chi connectivity index (χ1) is 14.1. The van der Waals surface area contributed by atoms with E-state index in [1.54, 1.807) is 30.3 Å². The number of pyridine rings is 1. The fourth-order valence-electron chi connectivity index (χ4n) is 2.76. The fourth-order valence-corrected chi connectivity index (χ4v) is 2.89. The van der Waals surface area contributed by atoms with Gasteiger partial charge in [-0.2, -0.15) is 0 Å². The van der Waals surface area contributed by atoms with Crippen LogP contribution in [-0.4, -0.2) is 23.5 Å². The van der Waals surface area contributed by atoms with Crippen LogP contribution >= 0.6 is 11.6 Å². The van der Waals surface area contributed by atoms with Crippen molar-refractivity contribution in [3.8, 4) is 0 Å².